The lowest BCUT2D eigenvalue weighted by atomic mass is 9.98. The van der Waals surface area contributed by atoms with Gasteiger partial charge in [-0.2, -0.15) is 0 Å². The maximum absolute atomic E-state index is 12.3. The van der Waals surface area contributed by atoms with Crippen LogP contribution in [0.25, 0.3) is 0 Å². The second-order valence-corrected chi connectivity index (χ2v) is 5.97. The number of esters is 1. The van der Waals surface area contributed by atoms with E-state index in [1.54, 1.807) is 11.8 Å². The molecule has 0 N–H and O–H groups in total. The van der Waals surface area contributed by atoms with Gasteiger partial charge in [0.2, 0.25) is 0 Å². The lowest BCUT2D eigenvalue weighted by Gasteiger charge is -2.31. The molecule has 0 aliphatic carbocycles. The summed E-state index contributed by atoms with van der Waals surface area (Å²) in [5.74, 6) is 0.187. The summed E-state index contributed by atoms with van der Waals surface area (Å²) in [5.41, 5.74) is 2.33. The van der Waals surface area contributed by atoms with Crippen LogP contribution < -0.4 is 4.74 Å². The van der Waals surface area contributed by atoms with Crippen LogP contribution in [0.1, 0.15) is 30.9 Å². The number of hydrogen-bond donors (Lipinski definition) is 0. The van der Waals surface area contributed by atoms with Gasteiger partial charge in [-0.05, 0) is 56.9 Å². The number of carbonyl (C=O) groups is 2. The van der Waals surface area contributed by atoms with Gasteiger partial charge in [0.1, 0.15) is 5.75 Å². The summed E-state index contributed by atoms with van der Waals surface area (Å²) in [7, 11) is 0. The highest BCUT2D eigenvalue weighted by Gasteiger charge is 2.29. The number of benzene rings is 1. The van der Waals surface area contributed by atoms with E-state index in [2.05, 4.69) is 0 Å². The molecule has 1 heterocycles. The number of hydrogen-bond acceptors (Lipinski definition) is 4. The summed E-state index contributed by atoms with van der Waals surface area (Å²) >= 11 is 0. The van der Waals surface area contributed by atoms with Crippen molar-refractivity contribution in [1.82, 2.24) is 4.90 Å². The standard InChI is InChI=1S/C18H25NO4/c1-4-22-18(21)15-6-5-9-19(11-15)17(20)12-23-16-8-7-13(2)14(3)10-16/h7-8,10,15H,4-6,9,11-12H2,1-3H3/t15-/m0/s1. The van der Waals surface area contributed by atoms with Crippen molar-refractivity contribution in [2.45, 2.75) is 33.6 Å². The second kappa shape index (κ2) is 7.99. The molecule has 2 rings (SSSR count). The quantitative estimate of drug-likeness (QED) is 0.783. The van der Waals surface area contributed by atoms with E-state index in [0.29, 0.717) is 25.4 Å². The van der Waals surface area contributed by atoms with Gasteiger partial charge in [0.15, 0.2) is 6.61 Å². The first-order chi connectivity index (χ1) is 11.0. The highest BCUT2D eigenvalue weighted by Crippen LogP contribution is 2.19. The zero-order valence-corrected chi connectivity index (χ0v) is 14.1. The van der Waals surface area contributed by atoms with Crippen molar-refractivity contribution >= 4 is 11.9 Å². The maximum Gasteiger partial charge on any atom is 0.310 e. The van der Waals surface area contributed by atoms with E-state index in [0.717, 1.165) is 18.4 Å². The molecular weight excluding hydrogens is 294 g/mol. The van der Waals surface area contributed by atoms with E-state index in [1.165, 1.54) is 5.56 Å². The number of aryl methyl sites for hydroxylation is 2. The fraction of sp³-hybridized carbons (Fsp3) is 0.556. The van der Waals surface area contributed by atoms with Gasteiger partial charge in [0, 0.05) is 13.1 Å². The molecule has 1 fully saturated rings. The van der Waals surface area contributed by atoms with Crippen LogP contribution in [-0.4, -0.2) is 43.1 Å². The van der Waals surface area contributed by atoms with Gasteiger partial charge in [-0.1, -0.05) is 6.07 Å². The predicted octanol–water partition coefficient (Wildman–Crippen LogP) is 2.48. The summed E-state index contributed by atoms with van der Waals surface area (Å²) in [5, 5.41) is 0. The molecular formula is C18H25NO4. The molecule has 0 unspecified atom stereocenters. The van der Waals surface area contributed by atoms with Crippen molar-refractivity contribution in [3.8, 4) is 5.75 Å². The molecule has 0 aromatic heterocycles. The minimum Gasteiger partial charge on any atom is -0.484 e. The van der Waals surface area contributed by atoms with Crippen LogP contribution in [0, 0.1) is 19.8 Å². The number of ether oxygens (including phenoxy) is 2. The molecule has 23 heavy (non-hydrogen) atoms. The molecule has 0 saturated carbocycles. The topological polar surface area (TPSA) is 55.8 Å². The maximum atomic E-state index is 12.3. The minimum absolute atomic E-state index is 0.00194. The number of likely N-dealkylation sites (tertiary alicyclic amines) is 1. The SMILES string of the molecule is CCOC(=O)[C@H]1CCCN(C(=O)COc2ccc(C)c(C)c2)C1. The molecule has 1 aromatic carbocycles. The monoisotopic (exact) mass is 319 g/mol. The van der Waals surface area contributed by atoms with E-state index in [4.69, 9.17) is 9.47 Å². The van der Waals surface area contributed by atoms with Crippen LogP contribution in [-0.2, 0) is 14.3 Å². The van der Waals surface area contributed by atoms with Crippen LogP contribution in [0.15, 0.2) is 18.2 Å². The van der Waals surface area contributed by atoms with E-state index in [1.807, 2.05) is 32.0 Å². The fourth-order valence-electron chi connectivity index (χ4n) is 2.70. The Labute approximate surface area is 137 Å². The lowest BCUT2D eigenvalue weighted by molar-refractivity contribution is -0.151. The Bertz CT molecular complexity index is 570. The summed E-state index contributed by atoms with van der Waals surface area (Å²) in [6, 6.07) is 5.78. The average Bonchev–Trinajstić information content (AvgIpc) is 2.56. The van der Waals surface area contributed by atoms with Crippen molar-refractivity contribution in [2.24, 2.45) is 5.92 Å². The summed E-state index contributed by atoms with van der Waals surface area (Å²) in [6.45, 7) is 7.31. The Morgan fingerprint density at radius 1 is 1.26 bits per heavy atom. The van der Waals surface area contributed by atoms with E-state index in [-0.39, 0.29) is 24.4 Å². The summed E-state index contributed by atoms with van der Waals surface area (Å²) < 4.78 is 10.6. The largest absolute Gasteiger partial charge is 0.484 e. The first-order valence-electron chi connectivity index (χ1n) is 8.15. The lowest BCUT2D eigenvalue weighted by Crippen LogP contribution is -2.44. The van der Waals surface area contributed by atoms with Gasteiger partial charge in [-0.3, -0.25) is 9.59 Å². The van der Waals surface area contributed by atoms with Crippen LogP contribution in [0.3, 0.4) is 0 Å². The third kappa shape index (κ3) is 4.71. The summed E-state index contributed by atoms with van der Waals surface area (Å²) in [6.07, 6.45) is 1.60. The Morgan fingerprint density at radius 2 is 2.04 bits per heavy atom. The van der Waals surface area contributed by atoms with E-state index in [9.17, 15) is 9.59 Å². The van der Waals surface area contributed by atoms with E-state index >= 15 is 0 Å². The molecule has 0 spiro atoms. The first-order valence-corrected chi connectivity index (χ1v) is 8.15. The average molecular weight is 319 g/mol. The molecule has 0 bridgehead atoms. The van der Waals surface area contributed by atoms with Gasteiger partial charge in [-0.25, -0.2) is 0 Å². The Morgan fingerprint density at radius 3 is 2.74 bits per heavy atom. The van der Waals surface area contributed by atoms with Crippen molar-refractivity contribution in [1.29, 1.82) is 0 Å². The molecule has 5 nitrogen and oxygen atoms in total. The summed E-state index contributed by atoms with van der Waals surface area (Å²) in [4.78, 5) is 25.8. The van der Waals surface area contributed by atoms with Crippen LogP contribution in [0.2, 0.25) is 0 Å². The van der Waals surface area contributed by atoms with Crippen LogP contribution >= 0.6 is 0 Å². The third-order valence-electron chi connectivity index (χ3n) is 4.23. The van der Waals surface area contributed by atoms with Gasteiger partial charge in [0.25, 0.3) is 5.91 Å². The molecule has 126 valence electrons. The van der Waals surface area contributed by atoms with Crippen molar-refractivity contribution < 1.29 is 19.1 Å². The highest BCUT2D eigenvalue weighted by atomic mass is 16.5. The van der Waals surface area contributed by atoms with Gasteiger partial charge in [-0.15, -0.1) is 0 Å². The Hall–Kier alpha value is -2.04. The van der Waals surface area contributed by atoms with Crippen molar-refractivity contribution in [3.05, 3.63) is 29.3 Å². The molecule has 1 atom stereocenters. The molecule has 1 aromatic rings. The number of piperidine rings is 1. The Kier molecular flexibility index (Phi) is 6.02. The van der Waals surface area contributed by atoms with Gasteiger partial charge in [0.05, 0.1) is 12.5 Å². The molecule has 0 radical (unpaired) electrons. The van der Waals surface area contributed by atoms with Gasteiger partial charge < -0.3 is 14.4 Å². The zero-order valence-electron chi connectivity index (χ0n) is 14.1. The molecule has 1 aliphatic heterocycles. The third-order valence-corrected chi connectivity index (χ3v) is 4.23. The number of carbonyl (C=O) groups excluding carboxylic acids is 2. The van der Waals surface area contributed by atoms with Crippen LogP contribution in [0.5, 0.6) is 5.75 Å². The van der Waals surface area contributed by atoms with Crippen molar-refractivity contribution in [2.75, 3.05) is 26.3 Å². The van der Waals surface area contributed by atoms with Crippen molar-refractivity contribution in [3.63, 3.8) is 0 Å². The molecule has 1 saturated heterocycles. The van der Waals surface area contributed by atoms with E-state index < -0.39 is 0 Å². The first kappa shape index (κ1) is 17.3. The predicted molar refractivity (Wildman–Crippen MR) is 87.3 cm³/mol. The smallest absolute Gasteiger partial charge is 0.310 e. The number of rotatable bonds is 5. The molecule has 1 aliphatic rings. The molecule has 5 heteroatoms. The van der Waals surface area contributed by atoms with Crippen LogP contribution in [0.4, 0.5) is 0 Å². The normalized spacial score (nSPS) is 17.7. The number of nitrogens with zero attached hydrogens (tertiary/aromatic N) is 1. The minimum atomic E-state index is -0.214. The zero-order chi connectivity index (χ0) is 16.8. The Balaban J connectivity index is 1.87. The fourth-order valence-corrected chi connectivity index (χ4v) is 2.70. The number of amides is 1. The van der Waals surface area contributed by atoms with Gasteiger partial charge >= 0.3 is 5.97 Å². The molecule has 1 amide bonds. The second-order valence-electron chi connectivity index (χ2n) is 5.97. The highest BCUT2D eigenvalue weighted by molar-refractivity contribution is 5.79.